The molecule has 0 aliphatic rings. The number of benzene rings is 4. The van der Waals surface area contributed by atoms with Crippen LogP contribution in [0.5, 0.6) is 0 Å². The third-order valence-electron chi connectivity index (χ3n) is 5.61. The van der Waals surface area contributed by atoms with Gasteiger partial charge < -0.3 is 4.57 Å². The van der Waals surface area contributed by atoms with Crippen LogP contribution in [0.15, 0.2) is 120 Å². The summed E-state index contributed by atoms with van der Waals surface area (Å²) in [5.41, 5.74) is 5.82. The highest BCUT2D eigenvalue weighted by atomic mass is 15.5. The van der Waals surface area contributed by atoms with Crippen LogP contribution in [-0.2, 0) is 6.54 Å². The van der Waals surface area contributed by atoms with Gasteiger partial charge in [-0.05, 0) is 42.0 Å². The second-order valence-electron chi connectivity index (χ2n) is 7.73. The van der Waals surface area contributed by atoms with Gasteiger partial charge in [-0.15, -0.1) is 0 Å². The van der Waals surface area contributed by atoms with Crippen LogP contribution in [0.4, 0.5) is 11.4 Å². The summed E-state index contributed by atoms with van der Waals surface area (Å²) in [7, 11) is 0. The molecule has 0 bridgehead atoms. The molecule has 4 nitrogen and oxygen atoms in total. The molecule has 0 radical (unpaired) electrons. The summed E-state index contributed by atoms with van der Waals surface area (Å²) in [6.45, 7) is 0.624. The van der Waals surface area contributed by atoms with Crippen LogP contribution in [0.1, 0.15) is 16.7 Å². The first kappa shape index (κ1) is 20.3. The Balaban J connectivity index is 1.55. The normalized spacial score (nSPS) is 11.0. The SMILES string of the molecule is N#Cc1ccccc1Cn1cc(/C=N\N(c2ccccc2)c2ccccc2)c2ccccc21. The monoisotopic (exact) mass is 426 g/mol. The molecule has 4 heteroatoms. The fraction of sp³-hybridized carbons (Fsp3) is 0.0345. The van der Waals surface area contributed by atoms with E-state index in [4.69, 9.17) is 5.10 Å². The number of hydrazone groups is 1. The lowest BCUT2D eigenvalue weighted by Gasteiger charge is -2.19. The lowest BCUT2D eigenvalue weighted by molar-refractivity contribution is 0.834. The van der Waals surface area contributed by atoms with Crippen LogP contribution in [0.3, 0.4) is 0 Å². The van der Waals surface area contributed by atoms with E-state index >= 15 is 0 Å². The molecule has 5 aromatic rings. The highest BCUT2D eigenvalue weighted by Crippen LogP contribution is 2.26. The van der Waals surface area contributed by atoms with Crippen molar-refractivity contribution in [2.45, 2.75) is 6.54 Å². The standard InChI is InChI=1S/C29H22N4/c30-19-23-11-7-8-12-24(23)21-32-22-25(28-17-9-10-18-29(28)32)20-31-33(26-13-3-1-4-14-26)27-15-5-2-6-16-27/h1-18,20,22H,21H2/b31-20-. The van der Waals surface area contributed by atoms with Gasteiger partial charge >= 0.3 is 0 Å². The molecule has 0 aliphatic carbocycles. The lowest BCUT2D eigenvalue weighted by atomic mass is 10.1. The molecule has 0 aliphatic heterocycles. The average Bonchev–Trinajstić information content (AvgIpc) is 3.23. The molecule has 0 atom stereocenters. The summed E-state index contributed by atoms with van der Waals surface area (Å²) in [4.78, 5) is 0. The van der Waals surface area contributed by atoms with Gasteiger partial charge in [-0.2, -0.15) is 10.4 Å². The van der Waals surface area contributed by atoms with E-state index in [1.807, 2.05) is 108 Å². The summed E-state index contributed by atoms with van der Waals surface area (Å²) < 4.78 is 2.18. The third-order valence-corrected chi connectivity index (χ3v) is 5.61. The Bertz CT molecular complexity index is 1400. The zero-order valence-electron chi connectivity index (χ0n) is 18.0. The Morgan fingerprint density at radius 3 is 2.06 bits per heavy atom. The molecule has 5 rings (SSSR count). The molecule has 0 N–H and O–H groups in total. The van der Waals surface area contributed by atoms with Crippen LogP contribution in [-0.4, -0.2) is 10.8 Å². The van der Waals surface area contributed by atoms with Crippen molar-refractivity contribution in [2.24, 2.45) is 5.10 Å². The van der Waals surface area contributed by atoms with Gasteiger partial charge in [0.1, 0.15) is 0 Å². The van der Waals surface area contributed by atoms with Crippen LogP contribution >= 0.6 is 0 Å². The summed E-state index contributed by atoms with van der Waals surface area (Å²) in [5, 5.41) is 17.4. The number of rotatable bonds is 6. The maximum Gasteiger partial charge on any atom is 0.0995 e. The van der Waals surface area contributed by atoms with E-state index in [0.29, 0.717) is 12.1 Å². The molecule has 33 heavy (non-hydrogen) atoms. The van der Waals surface area contributed by atoms with Gasteiger partial charge in [0.25, 0.3) is 0 Å². The molecule has 0 unspecified atom stereocenters. The molecule has 1 heterocycles. The summed E-state index contributed by atoms with van der Waals surface area (Å²) >= 11 is 0. The smallest absolute Gasteiger partial charge is 0.0995 e. The Morgan fingerprint density at radius 2 is 1.36 bits per heavy atom. The molecule has 0 saturated carbocycles. The van der Waals surface area contributed by atoms with Gasteiger partial charge in [-0.25, -0.2) is 5.01 Å². The third kappa shape index (κ3) is 4.26. The van der Waals surface area contributed by atoms with Crippen molar-refractivity contribution in [1.29, 1.82) is 5.26 Å². The summed E-state index contributed by atoms with van der Waals surface area (Å²) in [6.07, 6.45) is 4.02. The highest BCUT2D eigenvalue weighted by molar-refractivity contribution is 6.00. The Morgan fingerprint density at radius 1 is 0.758 bits per heavy atom. The van der Waals surface area contributed by atoms with Gasteiger partial charge in [0, 0.05) is 29.2 Å². The Kier molecular flexibility index (Phi) is 5.69. The maximum atomic E-state index is 9.49. The number of hydrogen-bond donors (Lipinski definition) is 0. The Labute approximate surface area is 193 Å². The van der Waals surface area contributed by atoms with Crippen molar-refractivity contribution >= 4 is 28.5 Å². The highest BCUT2D eigenvalue weighted by Gasteiger charge is 2.11. The second kappa shape index (κ2) is 9.25. The average molecular weight is 427 g/mol. The van der Waals surface area contributed by atoms with Gasteiger partial charge in [-0.1, -0.05) is 72.8 Å². The largest absolute Gasteiger partial charge is 0.342 e. The molecule has 4 aromatic carbocycles. The zero-order valence-corrected chi connectivity index (χ0v) is 18.0. The van der Waals surface area contributed by atoms with Crippen LogP contribution in [0, 0.1) is 11.3 Å². The number of fused-ring (bicyclic) bond motifs is 1. The Hall–Kier alpha value is -4.62. The number of anilines is 2. The maximum absolute atomic E-state index is 9.49. The van der Waals surface area contributed by atoms with E-state index in [2.05, 4.69) is 29.0 Å². The van der Waals surface area contributed by atoms with E-state index in [-0.39, 0.29) is 0 Å². The van der Waals surface area contributed by atoms with Gasteiger partial charge in [0.05, 0.1) is 29.2 Å². The first-order valence-electron chi connectivity index (χ1n) is 10.8. The zero-order chi connectivity index (χ0) is 22.5. The van der Waals surface area contributed by atoms with E-state index in [1.165, 1.54) is 0 Å². The molecular formula is C29H22N4. The van der Waals surface area contributed by atoms with Crippen molar-refractivity contribution < 1.29 is 0 Å². The quantitative estimate of drug-likeness (QED) is 0.223. The van der Waals surface area contributed by atoms with Crippen LogP contribution in [0.2, 0.25) is 0 Å². The molecule has 0 fully saturated rings. The lowest BCUT2D eigenvalue weighted by Crippen LogP contribution is -2.09. The molecule has 0 amide bonds. The first-order chi connectivity index (χ1) is 16.3. The fourth-order valence-electron chi connectivity index (χ4n) is 4.00. The van der Waals surface area contributed by atoms with E-state index < -0.39 is 0 Å². The van der Waals surface area contributed by atoms with Crippen molar-refractivity contribution in [2.75, 3.05) is 5.01 Å². The summed E-state index contributed by atoms with van der Waals surface area (Å²) in [6, 6.07) is 38.6. The van der Waals surface area contributed by atoms with Crippen LogP contribution in [0.25, 0.3) is 10.9 Å². The van der Waals surface area contributed by atoms with E-state index in [0.717, 1.165) is 33.4 Å². The first-order valence-corrected chi connectivity index (χ1v) is 10.8. The van der Waals surface area contributed by atoms with Crippen molar-refractivity contribution in [1.82, 2.24) is 4.57 Å². The fourth-order valence-corrected chi connectivity index (χ4v) is 4.00. The molecule has 158 valence electrons. The number of hydrogen-bond acceptors (Lipinski definition) is 3. The molecule has 0 saturated heterocycles. The predicted molar refractivity (Wildman–Crippen MR) is 135 cm³/mol. The van der Waals surface area contributed by atoms with Gasteiger partial charge in [0.15, 0.2) is 0 Å². The number of aromatic nitrogens is 1. The van der Waals surface area contributed by atoms with Gasteiger partial charge in [-0.3, -0.25) is 0 Å². The minimum atomic E-state index is 0.624. The topological polar surface area (TPSA) is 44.3 Å². The molecular weight excluding hydrogens is 404 g/mol. The predicted octanol–water partition coefficient (Wildman–Crippen LogP) is 6.73. The van der Waals surface area contributed by atoms with Crippen LogP contribution < -0.4 is 5.01 Å². The molecule has 0 spiro atoms. The van der Waals surface area contributed by atoms with E-state index in [9.17, 15) is 5.26 Å². The minimum absolute atomic E-state index is 0.624. The number of nitrogens with zero attached hydrogens (tertiary/aromatic N) is 4. The summed E-state index contributed by atoms with van der Waals surface area (Å²) in [5.74, 6) is 0. The number of para-hydroxylation sites is 3. The van der Waals surface area contributed by atoms with Crippen molar-refractivity contribution in [3.05, 3.63) is 132 Å². The minimum Gasteiger partial charge on any atom is -0.342 e. The second-order valence-corrected chi connectivity index (χ2v) is 7.73. The number of nitriles is 1. The van der Waals surface area contributed by atoms with Crippen molar-refractivity contribution in [3.8, 4) is 6.07 Å². The molecule has 1 aromatic heterocycles. The van der Waals surface area contributed by atoms with Gasteiger partial charge in [0.2, 0.25) is 0 Å². The van der Waals surface area contributed by atoms with Crippen molar-refractivity contribution in [3.63, 3.8) is 0 Å². The van der Waals surface area contributed by atoms with E-state index in [1.54, 1.807) is 0 Å².